The van der Waals surface area contributed by atoms with Crippen LogP contribution in [0.4, 0.5) is 0 Å². The number of hydrogen-bond donors (Lipinski definition) is 1. The fourth-order valence-electron chi connectivity index (χ4n) is 3.46. The average Bonchev–Trinajstić information content (AvgIpc) is 3.08. The highest BCUT2D eigenvalue weighted by Crippen LogP contribution is 2.23. The predicted molar refractivity (Wildman–Crippen MR) is 99.3 cm³/mol. The predicted octanol–water partition coefficient (Wildman–Crippen LogP) is 1.44. The molecule has 3 heterocycles. The second kappa shape index (κ2) is 7.35. The average molecular weight is 381 g/mol. The summed E-state index contributed by atoms with van der Waals surface area (Å²) in [5.74, 6) is -1.31. The van der Waals surface area contributed by atoms with E-state index in [0.29, 0.717) is 18.8 Å². The molecular weight excluding hydrogens is 362 g/mol. The molecule has 4 rings (SSSR count). The van der Waals surface area contributed by atoms with Crippen molar-refractivity contribution < 1.29 is 19.4 Å². The van der Waals surface area contributed by atoms with Crippen LogP contribution in [0, 0.1) is 6.92 Å². The summed E-state index contributed by atoms with van der Waals surface area (Å²) < 4.78 is 6.96. The number of pyridine rings is 1. The van der Waals surface area contributed by atoms with E-state index in [1.54, 1.807) is 17.8 Å². The molecule has 9 heteroatoms. The maximum absolute atomic E-state index is 13.1. The maximum atomic E-state index is 13.1. The Labute approximate surface area is 160 Å². The molecule has 0 spiro atoms. The molecule has 1 atom stereocenters. The number of rotatable bonds is 4. The fourth-order valence-corrected chi connectivity index (χ4v) is 3.46. The Bertz CT molecular complexity index is 1040. The SMILES string of the molecule is Cc1c(C(=O)N2CCOCC2CC(=O)O)nnn1-c1cccc2ncccc12. The Morgan fingerprint density at radius 1 is 1.29 bits per heavy atom. The summed E-state index contributed by atoms with van der Waals surface area (Å²) in [7, 11) is 0. The van der Waals surface area contributed by atoms with Gasteiger partial charge in [-0.05, 0) is 31.2 Å². The highest BCUT2D eigenvalue weighted by atomic mass is 16.5. The molecule has 1 saturated heterocycles. The lowest BCUT2D eigenvalue weighted by Gasteiger charge is -2.34. The number of carbonyl (C=O) groups excluding carboxylic acids is 1. The van der Waals surface area contributed by atoms with E-state index in [0.717, 1.165) is 16.6 Å². The van der Waals surface area contributed by atoms with Gasteiger partial charge in [-0.1, -0.05) is 11.3 Å². The van der Waals surface area contributed by atoms with Gasteiger partial charge in [-0.3, -0.25) is 14.6 Å². The number of aromatic nitrogens is 4. The van der Waals surface area contributed by atoms with Gasteiger partial charge in [-0.25, -0.2) is 4.68 Å². The Morgan fingerprint density at radius 2 is 2.14 bits per heavy atom. The lowest BCUT2D eigenvalue weighted by Crippen LogP contribution is -2.49. The third kappa shape index (κ3) is 3.20. The van der Waals surface area contributed by atoms with E-state index in [2.05, 4.69) is 15.3 Å². The van der Waals surface area contributed by atoms with Crippen molar-refractivity contribution in [1.82, 2.24) is 24.9 Å². The first-order valence-corrected chi connectivity index (χ1v) is 8.93. The van der Waals surface area contributed by atoms with Crippen molar-refractivity contribution in [3.05, 3.63) is 47.9 Å². The van der Waals surface area contributed by atoms with Gasteiger partial charge >= 0.3 is 5.97 Å². The molecule has 1 amide bonds. The number of carboxylic acids is 1. The van der Waals surface area contributed by atoms with Crippen LogP contribution in [0.5, 0.6) is 0 Å². The molecule has 1 unspecified atom stereocenters. The van der Waals surface area contributed by atoms with E-state index >= 15 is 0 Å². The van der Waals surface area contributed by atoms with Crippen LogP contribution >= 0.6 is 0 Å². The van der Waals surface area contributed by atoms with E-state index < -0.39 is 12.0 Å². The molecule has 3 aromatic rings. The van der Waals surface area contributed by atoms with Crippen LogP contribution in [0.15, 0.2) is 36.5 Å². The summed E-state index contributed by atoms with van der Waals surface area (Å²) in [5, 5.41) is 18.3. The first-order valence-electron chi connectivity index (χ1n) is 8.93. The Balaban J connectivity index is 1.70. The van der Waals surface area contributed by atoms with Crippen molar-refractivity contribution in [2.45, 2.75) is 19.4 Å². The minimum absolute atomic E-state index is 0.173. The fraction of sp³-hybridized carbons (Fsp3) is 0.316. The van der Waals surface area contributed by atoms with E-state index in [1.807, 2.05) is 30.3 Å². The molecule has 0 radical (unpaired) electrons. The summed E-state index contributed by atoms with van der Waals surface area (Å²) in [6.45, 7) is 2.65. The lowest BCUT2D eigenvalue weighted by molar-refractivity contribution is -0.139. The number of hydrogen-bond acceptors (Lipinski definition) is 6. The van der Waals surface area contributed by atoms with Crippen LogP contribution < -0.4 is 0 Å². The molecule has 1 fully saturated rings. The van der Waals surface area contributed by atoms with Gasteiger partial charge in [-0.2, -0.15) is 0 Å². The van der Waals surface area contributed by atoms with Gasteiger partial charge in [0.2, 0.25) is 0 Å². The number of morpholine rings is 1. The molecular formula is C19H19N5O4. The number of carboxylic acid groups (broad SMARTS) is 1. The molecule has 1 aromatic carbocycles. The maximum Gasteiger partial charge on any atom is 0.305 e. The van der Waals surface area contributed by atoms with Crippen molar-refractivity contribution in [3.8, 4) is 5.69 Å². The standard InChI is InChI=1S/C19H19N5O4/c1-12-18(19(27)23-8-9-28-11-13(23)10-17(25)26)21-22-24(12)16-6-2-5-15-14(16)4-3-7-20-15/h2-7,13H,8-11H2,1H3,(H,25,26). The zero-order valence-corrected chi connectivity index (χ0v) is 15.3. The van der Waals surface area contributed by atoms with E-state index in [1.165, 1.54) is 4.90 Å². The van der Waals surface area contributed by atoms with Crippen molar-refractivity contribution in [2.75, 3.05) is 19.8 Å². The third-order valence-electron chi connectivity index (χ3n) is 4.85. The smallest absolute Gasteiger partial charge is 0.305 e. The number of carbonyl (C=O) groups is 2. The van der Waals surface area contributed by atoms with Crippen LogP contribution in [0.1, 0.15) is 22.6 Å². The van der Waals surface area contributed by atoms with Crippen molar-refractivity contribution in [1.29, 1.82) is 0 Å². The van der Waals surface area contributed by atoms with Crippen LogP contribution in [0.2, 0.25) is 0 Å². The number of ether oxygens (including phenoxy) is 1. The number of nitrogens with zero attached hydrogens (tertiary/aromatic N) is 5. The molecule has 28 heavy (non-hydrogen) atoms. The van der Waals surface area contributed by atoms with Gasteiger partial charge in [0.15, 0.2) is 5.69 Å². The number of amides is 1. The molecule has 1 N–H and O–H groups in total. The van der Waals surface area contributed by atoms with Crippen molar-refractivity contribution in [3.63, 3.8) is 0 Å². The molecule has 144 valence electrons. The van der Waals surface area contributed by atoms with Crippen LogP contribution in [-0.4, -0.2) is 67.7 Å². The number of benzene rings is 1. The quantitative estimate of drug-likeness (QED) is 0.728. The van der Waals surface area contributed by atoms with Crippen molar-refractivity contribution in [2.24, 2.45) is 0 Å². The highest BCUT2D eigenvalue weighted by Gasteiger charge is 2.32. The minimum Gasteiger partial charge on any atom is -0.481 e. The zero-order valence-electron chi connectivity index (χ0n) is 15.3. The Kier molecular flexibility index (Phi) is 4.74. The first kappa shape index (κ1) is 18.1. The third-order valence-corrected chi connectivity index (χ3v) is 4.85. The molecule has 0 saturated carbocycles. The summed E-state index contributed by atoms with van der Waals surface area (Å²) >= 11 is 0. The van der Waals surface area contributed by atoms with E-state index in [-0.39, 0.29) is 24.6 Å². The Morgan fingerprint density at radius 3 is 2.96 bits per heavy atom. The summed E-state index contributed by atoms with van der Waals surface area (Å²) in [5.41, 5.74) is 2.39. The molecule has 1 aliphatic heterocycles. The van der Waals surface area contributed by atoms with E-state index in [9.17, 15) is 9.59 Å². The largest absolute Gasteiger partial charge is 0.481 e. The molecule has 0 bridgehead atoms. The number of fused-ring (bicyclic) bond motifs is 1. The minimum atomic E-state index is -0.975. The lowest BCUT2D eigenvalue weighted by atomic mass is 10.1. The highest BCUT2D eigenvalue weighted by molar-refractivity contribution is 5.94. The van der Waals surface area contributed by atoms with Gasteiger partial charge in [0.05, 0.1) is 42.6 Å². The summed E-state index contributed by atoms with van der Waals surface area (Å²) in [4.78, 5) is 30.1. The van der Waals surface area contributed by atoms with Gasteiger partial charge in [0.1, 0.15) is 0 Å². The molecule has 1 aliphatic rings. The van der Waals surface area contributed by atoms with Gasteiger partial charge in [0.25, 0.3) is 5.91 Å². The molecule has 2 aromatic heterocycles. The van der Waals surface area contributed by atoms with Gasteiger partial charge < -0.3 is 14.7 Å². The normalized spacial score (nSPS) is 17.0. The Hall–Kier alpha value is -3.33. The van der Waals surface area contributed by atoms with Crippen molar-refractivity contribution >= 4 is 22.8 Å². The summed E-state index contributed by atoms with van der Waals surface area (Å²) in [6.07, 6.45) is 1.55. The van der Waals surface area contributed by atoms with Gasteiger partial charge in [0, 0.05) is 18.1 Å². The van der Waals surface area contributed by atoms with Crippen LogP contribution in [0.25, 0.3) is 16.6 Å². The second-order valence-electron chi connectivity index (χ2n) is 6.61. The first-order chi connectivity index (χ1) is 13.6. The number of aliphatic carboxylic acids is 1. The molecule has 9 nitrogen and oxygen atoms in total. The second-order valence-corrected chi connectivity index (χ2v) is 6.61. The molecule has 0 aliphatic carbocycles. The van der Waals surface area contributed by atoms with Crippen LogP contribution in [-0.2, 0) is 9.53 Å². The van der Waals surface area contributed by atoms with Gasteiger partial charge in [-0.15, -0.1) is 5.10 Å². The monoisotopic (exact) mass is 381 g/mol. The summed E-state index contributed by atoms with van der Waals surface area (Å²) in [6, 6.07) is 8.92. The topological polar surface area (TPSA) is 110 Å². The van der Waals surface area contributed by atoms with Crippen LogP contribution in [0.3, 0.4) is 0 Å². The zero-order chi connectivity index (χ0) is 19.7. The van der Waals surface area contributed by atoms with E-state index in [4.69, 9.17) is 9.84 Å².